The van der Waals surface area contributed by atoms with Gasteiger partial charge in [0.1, 0.15) is 5.01 Å². The Balaban J connectivity index is 2.56. The highest BCUT2D eigenvalue weighted by Gasteiger charge is 2.22. The van der Waals surface area contributed by atoms with Gasteiger partial charge in [0.05, 0.1) is 15.8 Å². The summed E-state index contributed by atoms with van der Waals surface area (Å²) in [5.41, 5.74) is 0.890. The molecule has 2 aromatic rings. The van der Waals surface area contributed by atoms with E-state index in [4.69, 9.17) is 11.6 Å². The topological polar surface area (TPSA) is 24.9 Å². The fourth-order valence-corrected chi connectivity index (χ4v) is 2.50. The first kappa shape index (κ1) is 10.9. The number of nitrogens with one attached hydrogen (secondary N) is 1. The van der Waals surface area contributed by atoms with Crippen molar-refractivity contribution in [3.63, 3.8) is 0 Å². The van der Waals surface area contributed by atoms with Crippen LogP contribution in [-0.4, -0.2) is 12.0 Å². The summed E-state index contributed by atoms with van der Waals surface area (Å²) in [6.45, 7) is 4.23. The van der Waals surface area contributed by atoms with E-state index in [1.165, 1.54) is 4.70 Å². The summed E-state index contributed by atoms with van der Waals surface area (Å²) in [6, 6.07) is 5.82. The Morgan fingerprint density at radius 3 is 2.80 bits per heavy atom. The second-order valence-corrected chi connectivity index (χ2v) is 5.47. The molecule has 1 aromatic carbocycles. The molecule has 1 aromatic heterocycles. The minimum atomic E-state index is -0.0871. The summed E-state index contributed by atoms with van der Waals surface area (Å²) in [5, 5.41) is 5.07. The van der Waals surface area contributed by atoms with Gasteiger partial charge in [-0.1, -0.05) is 11.6 Å². The van der Waals surface area contributed by atoms with Gasteiger partial charge in [0, 0.05) is 5.02 Å². The zero-order valence-corrected chi connectivity index (χ0v) is 10.5. The van der Waals surface area contributed by atoms with Crippen molar-refractivity contribution < 1.29 is 0 Å². The maximum atomic E-state index is 5.93. The van der Waals surface area contributed by atoms with Crippen molar-refractivity contribution in [1.29, 1.82) is 0 Å². The molecule has 0 fully saturated rings. The van der Waals surface area contributed by atoms with Gasteiger partial charge in [-0.3, -0.25) is 0 Å². The van der Waals surface area contributed by atoms with E-state index in [2.05, 4.69) is 24.1 Å². The maximum absolute atomic E-state index is 5.93. The predicted octanol–water partition coefficient (Wildman–Crippen LogP) is 3.40. The fraction of sp³-hybridized carbons (Fsp3) is 0.364. The molecule has 0 aliphatic rings. The Labute approximate surface area is 98.3 Å². The van der Waals surface area contributed by atoms with Crippen LogP contribution in [0.2, 0.25) is 5.02 Å². The van der Waals surface area contributed by atoms with E-state index in [0.717, 1.165) is 15.5 Å². The summed E-state index contributed by atoms with van der Waals surface area (Å²) < 4.78 is 1.18. The minimum absolute atomic E-state index is 0.0871. The number of thiazole rings is 1. The third-order valence-corrected chi connectivity index (χ3v) is 4.10. The zero-order chi connectivity index (χ0) is 11.1. The minimum Gasteiger partial charge on any atom is -0.309 e. The number of halogens is 1. The summed E-state index contributed by atoms with van der Waals surface area (Å²) in [4.78, 5) is 4.59. The quantitative estimate of drug-likeness (QED) is 0.870. The number of nitrogens with zero attached hydrogens (tertiary/aromatic N) is 1. The van der Waals surface area contributed by atoms with E-state index in [-0.39, 0.29) is 5.54 Å². The van der Waals surface area contributed by atoms with E-state index in [1.807, 2.05) is 25.2 Å². The second kappa shape index (κ2) is 3.74. The molecule has 0 saturated heterocycles. The summed E-state index contributed by atoms with van der Waals surface area (Å²) in [5.74, 6) is 0. The van der Waals surface area contributed by atoms with Gasteiger partial charge in [-0.25, -0.2) is 4.98 Å². The van der Waals surface area contributed by atoms with Gasteiger partial charge >= 0.3 is 0 Å². The van der Waals surface area contributed by atoms with Crippen LogP contribution in [0.1, 0.15) is 18.9 Å². The van der Waals surface area contributed by atoms with E-state index >= 15 is 0 Å². The highest BCUT2D eigenvalue weighted by atomic mass is 35.5. The Hall–Kier alpha value is -0.640. The molecule has 0 aliphatic heterocycles. The van der Waals surface area contributed by atoms with Crippen molar-refractivity contribution in [3.8, 4) is 0 Å². The lowest BCUT2D eigenvalue weighted by Crippen LogP contribution is -2.32. The third kappa shape index (κ3) is 2.00. The van der Waals surface area contributed by atoms with Crippen molar-refractivity contribution in [1.82, 2.24) is 10.3 Å². The Bertz CT molecular complexity index is 490. The highest BCUT2D eigenvalue weighted by molar-refractivity contribution is 7.18. The Kier molecular flexibility index (Phi) is 2.71. The van der Waals surface area contributed by atoms with Crippen molar-refractivity contribution in [3.05, 3.63) is 28.2 Å². The van der Waals surface area contributed by atoms with Crippen LogP contribution in [0.25, 0.3) is 10.2 Å². The lowest BCUT2D eigenvalue weighted by atomic mass is 10.1. The fourth-order valence-electron chi connectivity index (χ4n) is 1.27. The van der Waals surface area contributed by atoms with Crippen LogP contribution in [0, 0.1) is 0 Å². The molecular weight excluding hydrogens is 228 g/mol. The molecule has 2 nitrogen and oxygen atoms in total. The van der Waals surface area contributed by atoms with Gasteiger partial charge in [-0.05, 0) is 39.1 Å². The maximum Gasteiger partial charge on any atom is 0.113 e. The highest BCUT2D eigenvalue weighted by Crippen LogP contribution is 2.30. The first-order valence-electron chi connectivity index (χ1n) is 4.78. The SMILES string of the molecule is CNC(C)(C)c1nc2cc(Cl)ccc2s1. The van der Waals surface area contributed by atoms with Crippen LogP contribution in [-0.2, 0) is 5.54 Å². The molecule has 0 aliphatic carbocycles. The van der Waals surface area contributed by atoms with Crippen molar-refractivity contribution in [2.75, 3.05) is 7.05 Å². The summed E-state index contributed by atoms with van der Waals surface area (Å²) in [6.07, 6.45) is 0. The summed E-state index contributed by atoms with van der Waals surface area (Å²) >= 11 is 7.63. The van der Waals surface area contributed by atoms with Crippen LogP contribution in [0.5, 0.6) is 0 Å². The van der Waals surface area contributed by atoms with E-state index < -0.39 is 0 Å². The first-order valence-corrected chi connectivity index (χ1v) is 5.98. The molecule has 0 bridgehead atoms. The lowest BCUT2D eigenvalue weighted by Gasteiger charge is -2.20. The first-order chi connectivity index (χ1) is 7.03. The van der Waals surface area contributed by atoms with Gasteiger partial charge in [-0.15, -0.1) is 11.3 Å². The van der Waals surface area contributed by atoms with E-state index in [0.29, 0.717) is 0 Å². The van der Waals surface area contributed by atoms with E-state index in [9.17, 15) is 0 Å². The van der Waals surface area contributed by atoms with Gasteiger partial charge in [-0.2, -0.15) is 0 Å². The average molecular weight is 241 g/mol. The lowest BCUT2D eigenvalue weighted by molar-refractivity contribution is 0.443. The second-order valence-electron chi connectivity index (χ2n) is 4.01. The zero-order valence-electron chi connectivity index (χ0n) is 8.97. The standard InChI is InChI=1S/C11H13ClN2S/c1-11(2,13-3)10-14-8-6-7(12)4-5-9(8)15-10/h4-6,13H,1-3H3. The number of aromatic nitrogens is 1. The summed E-state index contributed by atoms with van der Waals surface area (Å²) in [7, 11) is 1.94. The van der Waals surface area contributed by atoms with Gasteiger partial charge in [0.15, 0.2) is 0 Å². The molecule has 1 heterocycles. The van der Waals surface area contributed by atoms with Crippen molar-refractivity contribution in [2.24, 2.45) is 0 Å². The largest absolute Gasteiger partial charge is 0.309 e. The van der Waals surface area contributed by atoms with Crippen LogP contribution in [0.15, 0.2) is 18.2 Å². The van der Waals surface area contributed by atoms with Crippen molar-refractivity contribution in [2.45, 2.75) is 19.4 Å². The number of rotatable bonds is 2. The smallest absolute Gasteiger partial charge is 0.113 e. The number of hydrogen-bond acceptors (Lipinski definition) is 3. The normalized spacial score (nSPS) is 12.3. The van der Waals surface area contributed by atoms with Gasteiger partial charge in [0.25, 0.3) is 0 Å². The predicted molar refractivity (Wildman–Crippen MR) is 66.7 cm³/mol. The molecular formula is C11H13ClN2S. The van der Waals surface area contributed by atoms with Crippen molar-refractivity contribution >= 4 is 33.2 Å². The van der Waals surface area contributed by atoms with Gasteiger partial charge < -0.3 is 5.32 Å². The van der Waals surface area contributed by atoms with Gasteiger partial charge in [0.2, 0.25) is 0 Å². The molecule has 0 atom stereocenters. The molecule has 1 N–H and O–H groups in total. The third-order valence-electron chi connectivity index (χ3n) is 2.51. The molecule has 0 saturated carbocycles. The molecule has 2 rings (SSSR count). The number of hydrogen-bond donors (Lipinski definition) is 1. The molecule has 0 amide bonds. The molecule has 0 radical (unpaired) electrons. The molecule has 15 heavy (non-hydrogen) atoms. The number of benzene rings is 1. The average Bonchev–Trinajstić information content (AvgIpc) is 2.61. The molecule has 4 heteroatoms. The van der Waals surface area contributed by atoms with Crippen LogP contribution < -0.4 is 5.32 Å². The monoisotopic (exact) mass is 240 g/mol. The van der Waals surface area contributed by atoms with E-state index in [1.54, 1.807) is 11.3 Å². The molecule has 0 unspecified atom stereocenters. The molecule has 80 valence electrons. The van der Waals surface area contributed by atoms with Crippen LogP contribution >= 0.6 is 22.9 Å². The van der Waals surface area contributed by atoms with Crippen LogP contribution in [0.4, 0.5) is 0 Å². The Morgan fingerprint density at radius 1 is 1.40 bits per heavy atom. The molecule has 0 spiro atoms. The number of fused-ring (bicyclic) bond motifs is 1. The Morgan fingerprint density at radius 2 is 2.13 bits per heavy atom. The van der Waals surface area contributed by atoms with Crippen LogP contribution in [0.3, 0.4) is 0 Å².